The highest BCUT2D eigenvalue weighted by Crippen LogP contribution is 2.24. The Labute approximate surface area is 114 Å². The summed E-state index contributed by atoms with van der Waals surface area (Å²) < 4.78 is 10.9. The third kappa shape index (κ3) is 4.42. The van der Waals surface area contributed by atoms with Gasteiger partial charge in [-0.05, 0) is 13.3 Å². The van der Waals surface area contributed by atoms with Crippen LogP contribution in [0.2, 0.25) is 5.15 Å². The van der Waals surface area contributed by atoms with Gasteiger partial charge in [0.1, 0.15) is 17.6 Å². The van der Waals surface area contributed by atoms with E-state index in [0.717, 1.165) is 18.6 Å². The minimum atomic E-state index is 0.224. The Balaban J connectivity index is 2.63. The second-order valence-corrected chi connectivity index (χ2v) is 4.78. The van der Waals surface area contributed by atoms with E-state index in [-0.39, 0.29) is 5.92 Å². The first-order valence-electron chi connectivity index (χ1n) is 6.30. The van der Waals surface area contributed by atoms with Gasteiger partial charge < -0.3 is 9.47 Å². The Morgan fingerprint density at radius 3 is 2.50 bits per heavy atom. The zero-order chi connectivity index (χ0) is 13.5. The number of hydrogen-bond acceptors (Lipinski definition) is 4. The standard InChI is InChI=1S/C13H21ClN2O2/c1-5-6-17-7-8-18-13-10(4)11(14)15-12(16-13)9(2)3/h9H,5-8H2,1-4H3. The third-order valence-corrected chi connectivity index (χ3v) is 2.76. The molecule has 0 saturated carbocycles. The molecule has 4 nitrogen and oxygen atoms in total. The minimum absolute atomic E-state index is 0.224. The summed E-state index contributed by atoms with van der Waals surface area (Å²) in [6, 6.07) is 0. The molecule has 1 aromatic heterocycles. The number of rotatable bonds is 7. The number of nitrogens with zero attached hydrogens (tertiary/aromatic N) is 2. The summed E-state index contributed by atoms with van der Waals surface area (Å²) in [5.41, 5.74) is 0.775. The highest BCUT2D eigenvalue weighted by atomic mass is 35.5. The molecule has 0 aliphatic rings. The molecule has 0 aliphatic heterocycles. The maximum absolute atomic E-state index is 6.06. The van der Waals surface area contributed by atoms with Crippen molar-refractivity contribution < 1.29 is 9.47 Å². The summed E-state index contributed by atoms with van der Waals surface area (Å²) in [5.74, 6) is 1.48. The smallest absolute Gasteiger partial charge is 0.221 e. The normalized spacial score (nSPS) is 11.0. The predicted molar refractivity (Wildman–Crippen MR) is 72.5 cm³/mol. The molecule has 0 unspecified atom stereocenters. The second kappa shape index (κ2) is 7.54. The topological polar surface area (TPSA) is 44.2 Å². The van der Waals surface area contributed by atoms with Gasteiger partial charge in [-0.2, -0.15) is 4.98 Å². The van der Waals surface area contributed by atoms with Gasteiger partial charge in [-0.3, -0.25) is 0 Å². The van der Waals surface area contributed by atoms with Gasteiger partial charge >= 0.3 is 0 Å². The van der Waals surface area contributed by atoms with Crippen molar-refractivity contribution in [3.8, 4) is 5.88 Å². The summed E-state index contributed by atoms with van der Waals surface area (Å²) in [6.45, 7) is 9.77. The first kappa shape index (κ1) is 15.2. The van der Waals surface area contributed by atoms with Crippen LogP contribution in [-0.4, -0.2) is 29.8 Å². The zero-order valence-corrected chi connectivity index (χ0v) is 12.3. The third-order valence-electron chi connectivity index (χ3n) is 2.39. The quantitative estimate of drug-likeness (QED) is 0.564. The monoisotopic (exact) mass is 272 g/mol. The molecule has 5 heteroatoms. The lowest BCUT2D eigenvalue weighted by Crippen LogP contribution is -2.11. The Morgan fingerprint density at radius 1 is 1.17 bits per heavy atom. The second-order valence-electron chi connectivity index (χ2n) is 4.42. The van der Waals surface area contributed by atoms with Crippen LogP contribution in [0.4, 0.5) is 0 Å². The largest absolute Gasteiger partial charge is 0.475 e. The van der Waals surface area contributed by atoms with E-state index in [9.17, 15) is 0 Å². The molecule has 1 heterocycles. The van der Waals surface area contributed by atoms with Crippen molar-refractivity contribution >= 4 is 11.6 Å². The summed E-state index contributed by atoms with van der Waals surface area (Å²) in [4.78, 5) is 8.61. The van der Waals surface area contributed by atoms with Crippen molar-refractivity contribution in [3.63, 3.8) is 0 Å². The number of halogens is 1. The highest BCUT2D eigenvalue weighted by Gasteiger charge is 2.12. The van der Waals surface area contributed by atoms with E-state index in [0.29, 0.717) is 30.1 Å². The molecule has 102 valence electrons. The molecular formula is C13H21ClN2O2. The zero-order valence-electron chi connectivity index (χ0n) is 11.5. The Morgan fingerprint density at radius 2 is 1.89 bits per heavy atom. The average molecular weight is 273 g/mol. The number of ether oxygens (including phenoxy) is 2. The molecule has 0 atom stereocenters. The van der Waals surface area contributed by atoms with Crippen LogP contribution in [0.25, 0.3) is 0 Å². The van der Waals surface area contributed by atoms with E-state index in [4.69, 9.17) is 21.1 Å². The van der Waals surface area contributed by atoms with Gasteiger partial charge in [-0.15, -0.1) is 0 Å². The first-order chi connectivity index (χ1) is 8.56. The van der Waals surface area contributed by atoms with Gasteiger partial charge in [0.2, 0.25) is 5.88 Å². The lowest BCUT2D eigenvalue weighted by Gasteiger charge is -2.12. The van der Waals surface area contributed by atoms with Crippen molar-refractivity contribution in [1.29, 1.82) is 0 Å². The van der Waals surface area contributed by atoms with E-state index in [1.54, 1.807) is 0 Å². The summed E-state index contributed by atoms with van der Waals surface area (Å²) >= 11 is 6.06. The first-order valence-corrected chi connectivity index (χ1v) is 6.68. The van der Waals surface area contributed by atoms with Crippen LogP contribution in [0, 0.1) is 6.92 Å². The molecule has 0 bridgehead atoms. The van der Waals surface area contributed by atoms with Crippen LogP contribution in [0.1, 0.15) is 44.5 Å². The Hall–Kier alpha value is -0.870. The van der Waals surface area contributed by atoms with Gasteiger partial charge in [0.25, 0.3) is 0 Å². The van der Waals surface area contributed by atoms with Crippen molar-refractivity contribution in [2.45, 2.75) is 40.0 Å². The fourth-order valence-corrected chi connectivity index (χ4v) is 1.50. The SMILES string of the molecule is CCCOCCOc1nc(C(C)C)nc(Cl)c1C. The summed E-state index contributed by atoms with van der Waals surface area (Å²) in [7, 11) is 0. The lowest BCUT2D eigenvalue weighted by atomic mass is 10.2. The molecule has 0 fully saturated rings. The summed E-state index contributed by atoms with van der Waals surface area (Å²) in [6.07, 6.45) is 1.01. The molecule has 0 amide bonds. The molecule has 0 N–H and O–H groups in total. The van der Waals surface area contributed by atoms with Gasteiger partial charge in [-0.1, -0.05) is 32.4 Å². The van der Waals surface area contributed by atoms with Crippen molar-refractivity contribution in [3.05, 3.63) is 16.5 Å². The lowest BCUT2D eigenvalue weighted by molar-refractivity contribution is 0.0986. The van der Waals surface area contributed by atoms with Crippen molar-refractivity contribution in [2.75, 3.05) is 19.8 Å². The molecule has 0 spiro atoms. The summed E-state index contributed by atoms with van der Waals surface area (Å²) in [5, 5.41) is 0.457. The van der Waals surface area contributed by atoms with Crippen LogP contribution in [0.15, 0.2) is 0 Å². The fraction of sp³-hybridized carbons (Fsp3) is 0.692. The van der Waals surface area contributed by atoms with Crippen LogP contribution < -0.4 is 4.74 Å². The highest BCUT2D eigenvalue weighted by molar-refractivity contribution is 6.30. The minimum Gasteiger partial charge on any atom is -0.475 e. The molecule has 1 aromatic rings. The Bertz CT molecular complexity index is 383. The Kier molecular flexibility index (Phi) is 6.36. The van der Waals surface area contributed by atoms with Crippen molar-refractivity contribution in [2.24, 2.45) is 0 Å². The molecule has 0 radical (unpaired) electrons. The molecule has 18 heavy (non-hydrogen) atoms. The molecular weight excluding hydrogens is 252 g/mol. The average Bonchev–Trinajstić information content (AvgIpc) is 2.33. The molecule has 1 rings (SSSR count). The van der Waals surface area contributed by atoms with Gasteiger partial charge in [0, 0.05) is 18.1 Å². The maximum Gasteiger partial charge on any atom is 0.221 e. The van der Waals surface area contributed by atoms with Gasteiger partial charge in [-0.25, -0.2) is 4.98 Å². The van der Waals surface area contributed by atoms with E-state index in [1.165, 1.54) is 0 Å². The van der Waals surface area contributed by atoms with E-state index >= 15 is 0 Å². The fourth-order valence-electron chi connectivity index (χ4n) is 1.33. The van der Waals surface area contributed by atoms with Crippen LogP contribution in [-0.2, 0) is 4.74 Å². The van der Waals surface area contributed by atoms with E-state index in [1.807, 2.05) is 20.8 Å². The van der Waals surface area contributed by atoms with Gasteiger partial charge in [0.15, 0.2) is 0 Å². The molecule has 0 aliphatic carbocycles. The number of aromatic nitrogens is 2. The number of hydrogen-bond donors (Lipinski definition) is 0. The molecule has 0 aromatic carbocycles. The molecule has 0 saturated heterocycles. The van der Waals surface area contributed by atoms with E-state index < -0.39 is 0 Å². The van der Waals surface area contributed by atoms with Crippen molar-refractivity contribution in [1.82, 2.24) is 9.97 Å². The van der Waals surface area contributed by atoms with Gasteiger partial charge in [0.05, 0.1) is 6.61 Å². The maximum atomic E-state index is 6.06. The van der Waals surface area contributed by atoms with Crippen LogP contribution >= 0.6 is 11.6 Å². The van der Waals surface area contributed by atoms with E-state index in [2.05, 4.69) is 16.9 Å². The van der Waals surface area contributed by atoms with Crippen LogP contribution in [0.3, 0.4) is 0 Å². The van der Waals surface area contributed by atoms with Crippen LogP contribution in [0.5, 0.6) is 5.88 Å². The predicted octanol–water partition coefficient (Wildman–Crippen LogP) is 3.37.